The number of anilines is 1. The molecule has 9 heteroatoms. The van der Waals surface area contributed by atoms with E-state index in [9.17, 15) is 18.3 Å². The number of nitrogens with one attached hydrogen (secondary N) is 2. The molecule has 1 heterocycles. The first-order chi connectivity index (χ1) is 10.8. The van der Waals surface area contributed by atoms with Crippen LogP contribution < -0.4 is 10.0 Å². The second-order valence-corrected chi connectivity index (χ2v) is 6.81. The van der Waals surface area contributed by atoms with E-state index in [4.69, 9.17) is 11.6 Å². The summed E-state index contributed by atoms with van der Waals surface area (Å²) >= 11 is 5.71. The van der Waals surface area contributed by atoms with E-state index >= 15 is 0 Å². The van der Waals surface area contributed by atoms with Crippen molar-refractivity contribution in [2.75, 3.05) is 5.32 Å². The maximum Gasteiger partial charge on any atom is 0.243 e. The van der Waals surface area contributed by atoms with E-state index in [2.05, 4.69) is 15.0 Å². The molecule has 0 aliphatic rings. The third-order valence-corrected chi connectivity index (χ3v) is 4.69. The first-order valence-electron chi connectivity index (χ1n) is 6.52. The third-order valence-electron chi connectivity index (χ3n) is 2.88. The molecule has 0 saturated heterocycles. The van der Waals surface area contributed by atoms with E-state index in [0.717, 1.165) is 0 Å². The number of hydrogen-bond donors (Lipinski definition) is 3. The molecule has 1 aromatic carbocycles. The Morgan fingerprint density at radius 3 is 2.52 bits per heavy atom. The Morgan fingerprint density at radius 1 is 1.26 bits per heavy atom. The lowest BCUT2D eigenvalue weighted by atomic mass is 10.3. The Labute approximate surface area is 138 Å². The molecule has 7 nitrogen and oxygen atoms in total. The van der Waals surface area contributed by atoms with E-state index in [1.807, 2.05) is 0 Å². The van der Waals surface area contributed by atoms with Gasteiger partial charge in [0.05, 0.1) is 10.9 Å². The van der Waals surface area contributed by atoms with Gasteiger partial charge in [0.15, 0.2) is 11.6 Å². The summed E-state index contributed by atoms with van der Waals surface area (Å²) in [5.41, 5.74) is 0. The van der Waals surface area contributed by atoms with Crippen LogP contribution in [0.2, 0.25) is 5.02 Å². The second kappa shape index (κ2) is 6.95. The van der Waals surface area contributed by atoms with Crippen LogP contribution in [0.15, 0.2) is 47.5 Å². The summed E-state index contributed by atoms with van der Waals surface area (Å²) in [7, 11) is -3.88. The van der Waals surface area contributed by atoms with Gasteiger partial charge in [-0.15, -0.1) is 0 Å². The monoisotopic (exact) mass is 355 g/mol. The smallest absolute Gasteiger partial charge is 0.243 e. The van der Waals surface area contributed by atoms with E-state index in [0.29, 0.717) is 5.02 Å². The van der Waals surface area contributed by atoms with Gasteiger partial charge >= 0.3 is 0 Å². The molecule has 0 bridgehead atoms. The number of amides is 1. The number of pyridine rings is 1. The van der Waals surface area contributed by atoms with Crippen LogP contribution in [0.5, 0.6) is 5.75 Å². The predicted molar refractivity (Wildman–Crippen MR) is 85.8 cm³/mol. The van der Waals surface area contributed by atoms with Crippen molar-refractivity contribution in [3.8, 4) is 5.75 Å². The minimum absolute atomic E-state index is 0.0118. The van der Waals surface area contributed by atoms with Crippen LogP contribution in [0.4, 0.5) is 5.82 Å². The van der Waals surface area contributed by atoms with Gasteiger partial charge < -0.3 is 10.4 Å². The van der Waals surface area contributed by atoms with Crippen LogP contribution in [0.3, 0.4) is 0 Å². The molecule has 0 aliphatic heterocycles. The minimum atomic E-state index is -3.88. The Bertz CT molecular complexity index is 809. The van der Waals surface area contributed by atoms with E-state index < -0.39 is 22.0 Å². The normalized spacial score (nSPS) is 12.6. The number of hydrogen-bond acceptors (Lipinski definition) is 5. The Balaban J connectivity index is 2.08. The van der Waals surface area contributed by atoms with Crippen LogP contribution in [0, 0.1) is 0 Å². The van der Waals surface area contributed by atoms with Crippen molar-refractivity contribution in [3.05, 3.63) is 47.6 Å². The predicted octanol–water partition coefficient (Wildman–Crippen LogP) is 1.75. The summed E-state index contributed by atoms with van der Waals surface area (Å²) in [6.45, 7) is 1.38. The SMILES string of the molecule is CC(NS(=O)(=O)c1ccc(Cl)cc1)C(=O)Nc1ncccc1O. The van der Waals surface area contributed by atoms with Crippen LogP contribution in [-0.4, -0.2) is 30.5 Å². The molecule has 23 heavy (non-hydrogen) atoms. The van der Waals surface area contributed by atoms with Crippen LogP contribution in [0.25, 0.3) is 0 Å². The van der Waals surface area contributed by atoms with Crippen molar-refractivity contribution < 1.29 is 18.3 Å². The molecule has 1 amide bonds. The quantitative estimate of drug-likeness (QED) is 0.757. The second-order valence-electron chi connectivity index (χ2n) is 4.66. The summed E-state index contributed by atoms with van der Waals surface area (Å²) in [6.07, 6.45) is 1.39. The summed E-state index contributed by atoms with van der Waals surface area (Å²) in [5.74, 6) is -0.916. The minimum Gasteiger partial charge on any atom is -0.504 e. The van der Waals surface area contributed by atoms with Crippen molar-refractivity contribution in [2.24, 2.45) is 0 Å². The molecule has 1 unspecified atom stereocenters. The van der Waals surface area contributed by atoms with Crippen LogP contribution in [0.1, 0.15) is 6.92 Å². The number of carbonyl (C=O) groups excluding carboxylic acids is 1. The maximum absolute atomic E-state index is 12.2. The van der Waals surface area contributed by atoms with Crippen molar-refractivity contribution in [2.45, 2.75) is 17.9 Å². The van der Waals surface area contributed by atoms with Gasteiger partial charge in [0.2, 0.25) is 15.9 Å². The highest BCUT2D eigenvalue weighted by molar-refractivity contribution is 7.89. The maximum atomic E-state index is 12.2. The number of rotatable bonds is 5. The lowest BCUT2D eigenvalue weighted by molar-refractivity contribution is -0.117. The molecule has 3 N–H and O–H groups in total. The molecule has 0 fully saturated rings. The number of nitrogens with zero attached hydrogens (tertiary/aromatic N) is 1. The number of carbonyl (C=O) groups is 1. The van der Waals surface area contributed by atoms with Gasteiger partial charge in [0, 0.05) is 11.2 Å². The van der Waals surface area contributed by atoms with Gasteiger partial charge in [-0.1, -0.05) is 11.6 Å². The topological polar surface area (TPSA) is 108 Å². The molecular formula is C14H14ClN3O4S. The standard InChI is InChI=1S/C14H14ClN3O4S/c1-9(14(20)17-13-12(19)3-2-8-16-13)18-23(21,22)11-6-4-10(15)5-7-11/h2-9,18-19H,1H3,(H,16,17,20). The number of sulfonamides is 1. The molecule has 0 spiro atoms. The molecule has 0 aliphatic carbocycles. The van der Waals surface area contributed by atoms with E-state index in [1.54, 1.807) is 0 Å². The van der Waals surface area contributed by atoms with Gasteiger partial charge in [-0.25, -0.2) is 13.4 Å². The highest BCUT2D eigenvalue weighted by Gasteiger charge is 2.22. The fraction of sp³-hybridized carbons (Fsp3) is 0.143. The molecular weight excluding hydrogens is 342 g/mol. The van der Waals surface area contributed by atoms with Gasteiger partial charge in [-0.2, -0.15) is 4.72 Å². The molecule has 122 valence electrons. The molecule has 2 rings (SSSR count). The Morgan fingerprint density at radius 2 is 1.91 bits per heavy atom. The van der Waals surface area contributed by atoms with E-state index in [-0.39, 0.29) is 16.5 Å². The zero-order valence-electron chi connectivity index (χ0n) is 12.0. The van der Waals surface area contributed by atoms with Crippen molar-refractivity contribution >= 4 is 33.3 Å². The molecule has 0 saturated carbocycles. The highest BCUT2D eigenvalue weighted by Crippen LogP contribution is 2.19. The van der Waals surface area contributed by atoms with Gasteiger partial charge in [-0.3, -0.25) is 4.79 Å². The zero-order chi connectivity index (χ0) is 17.0. The number of aromatic hydroxyl groups is 1. The summed E-state index contributed by atoms with van der Waals surface area (Å²) in [4.78, 5) is 15.8. The van der Waals surface area contributed by atoms with Gasteiger partial charge in [-0.05, 0) is 43.3 Å². The molecule has 0 radical (unpaired) electrons. The Kier molecular flexibility index (Phi) is 5.19. The first kappa shape index (κ1) is 17.2. The summed E-state index contributed by atoms with van der Waals surface area (Å²) in [6, 6.07) is 7.32. The molecule has 1 aromatic heterocycles. The number of aromatic nitrogens is 1. The van der Waals surface area contributed by atoms with Crippen LogP contribution >= 0.6 is 11.6 Å². The third kappa shape index (κ3) is 4.41. The molecule has 2 aromatic rings. The largest absolute Gasteiger partial charge is 0.504 e. The fourth-order valence-corrected chi connectivity index (χ4v) is 3.02. The lowest BCUT2D eigenvalue weighted by Crippen LogP contribution is -2.41. The van der Waals surface area contributed by atoms with Crippen molar-refractivity contribution in [1.82, 2.24) is 9.71 Å². The van der Waals surface area contributed by atoms with E-state index in [1.165, 1.54) is 49.5 Å². The first-order valence-corrected chi connectivity index (χ1v) is 8.38. The van der Waals surface area contributed by atoms with Crippen LogP contribution in [-0.2, 0) is 14.8 Å². The average molecular weight is 356 g/mol. The number of benzene rings is 1. The molecule has 1 atom stereocenters. The summed E-state index contributed by atoms with van der Waals surface area (Å²) < 4.78 is 26.6. The lowest BCUT2D eigenvalue weighted by Gasteiger charge is -2.14. The number of halogens is 1. The van der Waals surface area contributed by atoms with Crippen molar-refractivity contribution in [3.63, 3.8) is 0 Å². The average Bonchev–Trinajstić information content (AvgIpc) is 2.49. The highest BCUT2D eigenvalue weighted by atomic mass is 35.5. The van der Waals surface area contributed by atoms with Gasteiger partial charge in [0.25, 0.3) is 0 Å². The van der Waals surface area contributed by atoms with Crippen molar-refractivity contribution in [1.29, 1.82) is 0 Å². The summed E-state index contributed by atoms with van der Waals surface area (Å²) in [5, 5.41) is 12.3. The zero-order valence-corrected chi connectivity index (χ0v) is 13.6. The van der Waals surface area contributed by atoms with Gasteiger partial charge in [0.1, 0.15) is 0 Å². The fourth-order valence-electron chi connectivity index (χ4n) is 1.69. The Hall–Kier alpha value is -2.16.